The van der Waals surface area contributed by atoms with Gasteiger partial charge in [0.1, 0.15) is 0 Å². The molecule has 0 aromatic carbocycles. The molecule has 3 N–H and O–H groups in total. The van der Waals surface area contributed by atoms with Gasteiger partial charge in [-0.25, -0.2) is 0 Å². The maximum absolute atomic E-state index is 11.9. The van der Waals surface area contributed by atoms with Crippen LogP contribution < -0.4 is 10.6 Å². The first-order chi connectivity index (χ1) is 8.24. The minimum Gasteiger partial charge on any atom is -0.394 e. The van der Waals surface area contributed by atoms with Gasteiger partial charge in [-0.2, -0.15) is 0 Å². The van der Waals surface area contributed by atoms with E-state index in [2.05, 4.69) is 15.5 Å². The molecule has 0 bridgehead atoms. The van der Waals surface area contributed by atoms with Crippen molar-refractivity contribution in [2.24, 2.45) is 0 Å². The van der Waals surface area contributed by atoms with Gasteiger partial charge in [0.2, 0.25) is 5.91 Å². The summed E-state index contributed by atoms with van der Waals surface area (Å²) in [6.07, 6.45) is 4.03. The summed E-state index contributed by atoms with van der Waals surface area (Å²) in [6.45, 7) is 4.44. The molecular weight excluding hydrogens is 218 g/mol. The fourth-order valence-corrected chi connectivity index (χ4v) is 2.52. The summed E-state index contributed by atoms with van der Waals surface area (Å²) in [6, 6.07) is 0. The summed E-state index contributed by atoms with van der Waals surface area (Å²) in [5, 5.41) is 15.6. The van der Waals surface area contributed by atoms with E-state index in [-0.39, 0.29) is 18.1 Å². The van der Waals surface area contributed by atoms with Crippen molar-refractivity contribution in [3.05, 3.63) is 0 Å². The molecule has 17 heavy (non-hydrogen) atoms. The Morgan fingerprint density at radius 1 is 1.29 bits per heavy atom. The number of amides is 1. The number of nitrogens with zero attached hydrogens (tertiary/aromatic N) is 1. The molecule has 0 aromatic rings. The third-order valence-electron chi connectivity index (χ3n) is 3.82. The predicted octanol–water partition coefficient (Wildman–Crippen LogP) is -0.687. The first-order valence-electron chi connectivity index (χ1n) is 6.59. The normalized spacial score (nSPS) is 24.8. The highest BCUT2D eigenvalue weighted by atomic mass is 16.3. The Labute approximate surface area is 103 Å². The number of hydrogen-bond acceptors (Lipinski definition) is 4. The summed E-state index contributed by atoms with van der Waals surface area (Å²) >= 11 is 0. The van der Waals surface area contributed by atoms with Gasteiger partial charge in [0, 0.05) is 13.1 Å². The van der Waals surface area contributed by atoms with Gasteiger partial charge in [-0.05, 0) is 38.8 Å². The maximum Gasteiger partial charge on any atom is 0.234 e. The van der Waals surface area contributed by atoms with Gasteiger partial charge in [0.15, 0.2) is 0 Å². The minimum atomic E-state index is -0.304. The van der Waals surface area contributed by atoms with Crippen LogP contribution in [0.15, 0.2) is 0 Å². The molecule has 2 rings (SSSR count). The standard InChI is InChI=1S/C12H23N3O2/c16-10-12(3-1-4-12)14-11(17)9-15-7-2-5-13-6-8-15/h13,16H,1-10H2,(H,14,17). The van der Waals surface area contributed by atoms with E-state index in [1.807, 2.05) is 0 Å². The van der Waals surface area contributed by atoms with Crippen LogP contribution in [0.1, 0.15) is 25.7 Å². The summed E-state index contributed by atoms with van der Waals surface area (Å²) in [7, 11) is 0. The molecule has 0 radical (unpaired) electrons. The van der Waals surface area contributed by atoms with E-state index in [0.29, 0.717) is 6.54 Å². The largest absolute Gasteiger partial charge is 0.394 e. The number of carbonyl (C=O) groups is 1. The first kappa shape index (κ1) is 12.8. The average molecular weight is 241 g/mol. The lowest BCUT2D eigenvalue weighted by molar-refractivity contribution is -0.126. The zero-order valence-corrected chi connectivity index (χ0v) is 10.4. The van der Waals surface area contributed by atoms with Crippen LogP contribution in [0.2, 0.25) is 0 Å². The van der Waals surface area contributed by atoms with Crippen LogP contribution in [0, 0.1) is 0 Å². The summed E-state index contributed by atoms with van der Waals surface area (Å²) in [4.78, 5) is 14.1. The van der Waals surface area contributed by atoms with Crippen LogP contribution in [0.4, 0.5) is 0 Å². The fraction of sp³-hybridized carbons (Fsp3) is 0.917. The third kappa shape index (κ3) is 3.40. The van der Waals surface area contributed by atoms with Crippen molar-refractivity contribution >= 4 is 5.91 Å². The van der Waals surface area contributed by atoms with E-state index in [1.165, 1.54) is 0 Å². The molecule has 98 valence electrons. The minimum absolute atomic E-state index is 0.0562. The Balaban J connectivity index is 1.76. The van der Waals surface area contributed by atoms with Gasteiger partial charge >= 0.3 is 0 Å². The third-order valence-corrected chi connectivity index (χ3v) is 3.82. The lowest BCUT2D eigenvalue weighted by Crippen LogP contribution is -2.58. The molecule has 1 saturated carbocycles. The van der Waals surface area contributed by atoms with Crippen molar-refractivity contribution in [3.63, 3.8) is 0 Å². The second-order valence-electron chi connectivity index (χ2n) is 5.22. The number of carbonyl (C=O) groups excluding carboxylic acids is 1. The van der Waals surface area contributed by atoms with Crippen LogP contribution in [-0.4, -0.2) is 60.8 Å². The molecule has 0 unspecified atom stereocenters. The van der Waals surface area contributed by atoms with E-state index in [4.69, 9.17) is 0 Å². The molecular formula is C12H23N3O2. The molecule has 1 saturated heterocycles. The van der Waals surface area contributed by atoms with Crippen molar-refractivity contribution < 1.29 is 9.90 Å². The lowest BCUT2D eigenvalue weighted by atomic mass is 9.77. The van der Waals surface area contributed by atoms with Crippen LogP contribution >= 0.6 is 0 Å². The summed E-state index contributed by atoms with van der Waals surface area (Å²) in [5.74, 6) is 0.0562. The molecule has 2 aliphatic rings. The molecule has 0 aromatic heterocycles. The Morgan fingerprint density at radius 3 is 2.76 bits per heavy atom. The SMILES string of the molecule is O=C(CN1CCCNCC1)NC1(CO)CCC1. The van der Waals surface area contributed by atoms with Crippen LogP contribution in [0.25, 0.3) is 0 Å². The van der Waals surface area contributed by atoms with Gasteiger partial charge in [-0.1, -0.05) is 0 Å². The maximum atomic E-state index is 11.9. The number of aliphatic hydroxyl groups excluding tert-OH is 1. The van der Waals surface area contributed by atoms with Crippen LogP contribution in [-0.2, 0) is 4.79 Å². The molecule has 1 aliphatic heterocycles. The zero-order chi connectivity index (χ0) is 12.1. The monoisotopic (exact) mass is 241 g/mol. The molecule has 1 amide bonds. The van der Waals surface area contributed by atoms with Crippen molar-refractivity contribution in [1.82, 2.24) is 15.5 Å². The van der Waals surface area contributed by atoms with E-state index < -0.39 is 0 Å². The molecule has 5 nitrogen and oxygen atoms in total. The van der Waals surface area contributed by atoms with Crippen molar-refractivity contribution in [3.8, 4) is 0 Å². The van der Waals surface area contributed by atoms with Gasteiger partial charge in [0.05, 0.1) is 18.7 Å². The van der Waals surface area contributed by atoms with E-state index in [0.717, 1.165) is 51.9 Å². The Kier molecular flexibility index (Phi) is 4.36. The Bertz CT molecular complexity index is 253. The number of rotatable bonds is 4. The first-order valence-corrected chi connectivity index (χ1v) is 6.59. The average Bonchev–Trinajstić information content (AvgIpc) is 2.52. The highest BCUT2D eigenvalue weighted by molar-refractivity contribution is 5.79. The highest BCUT2D eigenvalue weighted by Gasteiger charge is 2.37. The van der Waals surface area contributed by atoms with Gasteiger partial charge in [0.25, 0.3) is 0 Å². The van der Waals surface area contributed by atoms with Gasteiger partial charge in [-0.15, -0.1) is 0 Å². The Morgan fingerprint density at radius 2 is 2.12 bits per heavy atom. The molecule has 0 spiro atoms. The molecule has 5 heteroatoms. The second kappa shape index (κ2) is 5.80. The summed E-state index contributed by atoms with van der Waals surface area (Å²) in [5.41, 5.74) is -0.304. The summed E-state index contributed by atoms with van der Waals surface area (Å²) < 4.78 is 0. The van der Waals surface area contributed by atoms with E-state index in [9.17, 15) is 9.90 Å². The number of nitrogens with one attached hydrogen (secondary N) is 2. The van der Waals surface area contributed by atoms with Gasteiger partial charge in [-0.3, -0.25) is 9.69 Å². The van der Waals surface area contributed by atoms with E-state index in [1.54, 1.807) is 0 Å². The smallest absolute Gasteiger partial charge is 0.234 e. The van der Waals surface area contributed by atoms with Crippen LogP contribution in [0.5, 0.6) is 0 Å². The highest BCUT2D eigenvalue weighted by Crippen LogP contribution is 2.30. The quantitative estimate of drug-likeness (QED) is 0.610. The van der Waals surface area contributed by atoms with Crippen molar-refractivity contribution in [2.45, 2.75) is 31.2 Å². The molecule has 1 heterocycles. The van der Waals surface area contributed by atoms with Crippen molar-refractivity contribution in [2.75, 3.05) is 39.3 Å². The fourth-order valence-electron chi connectivity index (χ4n) is 2.52. The predicted molar refractivity (Wildman–Crippen MR) is 65.7 cm³/mol. The van der Waals surface area contributed by atoms with Crippen molar-refractivity contribution in [1.29, 1.82) is 0 Å². The number of hydrogen-bond donors (Lipinski definition) is 3. The van der Waals surface area contributed by atoms with E-state index >= 15 is 0 Å². The second-order valence-corrected chi connectivity index (χ2v) is 5.22. The molecule has 2 fully saturated rings. The lowest BCUT2D eigenvalue weighted by Gasteiger charge is -2.41. The molecule has 1 aliphatic carbocycles. The number of aliphatic hydroxyl groups is 1. The van der Waals surface area contributed by atoms with Gasteiger partial charge < -0.3 is 15.7 Å². The molecule has 0 atom stereocenters. The zero-order valence-electron chi connectivity index (χ0n) is 10.4. The van der Waals surface area contributed by atoms with Crippen LogP contribution in [0.3, 0.4) is 0 Å². The Hall–Kier alpha value is -0.650. The topological polar surface area (TPSA) is 64.6 Å².